The number of hydrogen-bond donors (Lipinski definition) is 1. The summed E-state index contributed by atoms with van der Waals surface area (Å²) < 4.78 is 20.1. The van der Waals surface area contributed by atoms with Crippen molar-refractivity contribution in [2.24, 2.45) is 12.5 Å². The van der Waals surface area contributed by atoms with Crippen molar-refractivity contribution in [1.82, 2.24) is 14.5 Å². The lowest BCUT2D eigenvalue weighted by atomic mass is 9.87. The normalized spacial score (nSPS) is 19.1. The van der Waals surface area contributed by atoms with Crippen molar-refractivity contribution in [3.05, 3.63) is 45.4 Å². The van der Waals surface area contributed by atoms with Crippen LogP contribution >= 0.6 is 15.9 Å². The van der Waals surface area contributed by atoms with Gasteiger partial charge in [0.05, 0.1) is 18.9 Å². The maximum absolute atomic E-state index is 12.9. The molecular weight excluding hydrogens is 468 g/mol. The van der Waals surface area contributed by atoms with Gasteiger partial charge in [0, 0.05) is 77.2 Å². The number of fused-ring (bicyclic) bond motifs is 1. The Morgan fingerprint density at radius 3 is 2.83 bits per heavy atom. The zero-order valence-electron chi connectivity index (χ0n) is 17.5. The molecule has 1 saturated heterocycles. The van der Waals surface area contributed by atoms with Crippen LogP contribution in [0.5, 0.6) is 0 Å². The number of carbonyl (C=O) groups is 1. The smallest absolute Gasteiger partial charge is 0.291 e. The van der Waals surface area contributed by atoms with Gasteiger partial charge in [-0.05, 0) is 24.6 Å². The molecule has 7 nitrogen and oxygen atoms in total. The van der Waals surface area contributed by atoms with E-state index >= 15 is 0 Å². The molecular formula is C21H27BrN4O3S. The Morgan fingerprint density at radius 1 is 1.40 bits per heavy atom. The minimum absolute atomic E-state index is 0.0235. The standard InChI is InChI=1S/C21H27BrN4O3S/c1-14-15(22)5-4-6-16(14)24-20(27)19-23-17-9-26(8-7-18(17)25(19)2)10-21(11-29-12-21)13-30(3)28/h4-6H,7-13H2,1-3H3,(H,24,27). The van der Waals surface area contributed by atoms with E-state index in [1.54, 1.807) is 6.26 Å². The highest BCUT2D eigenvalue weighted by Crippen LogP contribution is 2.32. The third-order valence-electron chi connectivity index (χ3n) is 5.94. The second-order valence-electron chi connectivity index (χ2n) is 8.43. The number of nitrogens with one attached hydrogen (secondary N) is 1. The van der Waals surface area contributed by atoms with Crippen molar-refractivity contribution >= 4 is 38.3 Å². The molecule has 30 heavy (non-hydrogen) atoms. The van der Waals surface area contributed by atoms with Crippen LogP contribution in [0.4, 0.5) is 5.69 Å². The maximum Gasteiger partial charge on any atom is 0.291 e. The minimum atomic E-state index is -0.845. The highest BCUT2D eigenvalue weighted by atomic mass is 79.9. The van der Waals surface area contributed by atoms with Gasteiger partial charge in [0.1, 0.15) is 0 Å². The SMILES string of the molecule is Cc1c(Br)cccc1NC(=O)c1nc2c(n1C)CCN(CC1(CS(C)=O)COC1)C2. The van der Waals surface area contributed by atoms with Crippen molar-refractivity contribution in [3.8, 4) is 0 Å². The first kappa shape index (κ1) is 21.7. The third-order valence-corrected chi connectivity index (χ3v) is 7.82. The van der Waals surface area contributed by atoms with E-state index in [1.807, 2.05) is 36.7 Å². The number of hydrogen-bond acceptors (Lipinski definition) is 5. The van der Waals surface area contributed by atoms with Crippen LogP contribution in [-0.4, -0.2) is 62.9 Å². The molecule has 162 valence electrons. The average molecular weight is 495 g/mol. The molecule has 1 amide bonds. The van der Waals surface area contributed by atoms with Crippen LogP contribution in [0.3, 0.4) is 0 Å². The second-order valence-corrected chi connectivity index (χ2v) is 10.7. The number of halogens is 1. The summed E-state index contributed by atoms with van der Waals surface area (Å²) in [4.78, 5) is 20.0. The molecule has 3 heterocycles. The first-order valence-electron chi connectivity index (χ1n) is 9.99. The summed E-state index contributed by atoms with van der Waals surface area (Å²) in [5, 5.41) is 2.99. The number of imidazole rings is 1. The number of nitrogens with zero attached hydrogens (tertiary/aromatic N) is 3. The average Bonchev–Trinajstić information content (AvgIpc) is 2.99. The maximum atomic E-state index is 12.9. The minimum Gasteiger partial charge on any atom is -0.380 e. The van der Waals surface area contributed by atoms with Gasteiger partial charge in [0.15, 0.2) is 5.82 Å². The Bertz CT molecular complexity index is 1000. The van der Waals surface area contributed by atoms with Crippen LogP contribution < -0.4 is 5.32 Å². The lowest BCUT2D eigenvalue weighted by molar-refractivity contribution is -0.113. The molecule has 2 aliphatic rings. The van der Waals surface area contributed by atoms with E-state index in [1.165, 1.54) is 0 Å². The van der Waals surface area contributed by atoms with E-state index in [4.69, 9.17) is 4.74 Å². The number of carbonyl (C=O) groups excluding carboxylic acids is 1. The fraction of sp³-hybridized carbons (Fsp3) is 0.524. The molecule has 1 unspecified atom stereocenters. The quantitative estimate of drug-likeness (QED) is 0.667. The first-order chi connectivity index (χ1) is 14.3. The summed E-state index contributed by atoms with van der Waals surface area (Å²) in [5.41, 5.74) is 3.80. The Kier molecular flexibility index (Phi) is 6.16. The summed E-state index contributed by atoms with van der Waals surface area (Å²) in [7, 11) is 1.06. The summed E-state index contributed by atoms with van der Waals surface area (Å²) in [6.45, 7) is 5.74. The van der Waals surface area contributed by atoms with Gasteiger partial charge in [-0.2, -0.15) is 0 Å². The van der Waals surface area contributed by atoms with Crippen molar-refractivity contribution in [2.45, 2.75) is 19.9 Å². The van der Waals surface area contributed by atoms with Crippen LogP contribution in [-0.2, 0) is 35.5 Å². The highest BCUT2D eigenvalue weighted by Gasteiger charge is 2.42. The molecule has 0 bridgehead atoms. The van der Waals surface area contributed by atoms with Crippen molar-refractivity contribution in [2.75, 3.05) is 43.6 Å². The first-order valence-corrected chi connectivity index (χ1v) is 12.5. The third kappa shape index (κ3) is 4.26. The molecule has 0 aliphatic carbocycles. The zero-order valence-corrected chi connectivity index (χ0v) is 19.9. The van der Waals surface area contributed by atoms with Gasteiger partial charge in [-0.25, -0.2) is 4.98 Å². The lowest BCUT2D eigenvalue weighted by Gasteiger charge is -2.44. The molecule has 1 aromatic carbocycles. The molecule has 1 atom stereocenters. The van der Waals surface area contributed by atoms with E-state index in [0.717, 1.165) is 46.6 Å². The number of rotatable bonds is 6. The van der Waals surface area contributed by atoms with Crippen LogP contribution in [0, 0.1) is 12.3 Å². The van der Waals surface area contributed by atoms with E-state index < -0.39 is 10.8 Å². The van der Waals surface area contributed by atoms with E-state index in [9.17, 15) is 9.00 Å². The molecule has 2 aliphatic heterocycles. The van der Waals surface area contributed by atoms with Crippen LogP contribution in [0.1, 0.15) is 27.6 Å². The van der Waals surface area contributed by atoms with E-state index in [-0.39, 0.29) is 11.3 Å². The van der Waals surface area contributed by atoms with Gasteiger partial charge in [-0.15, -0.1) is 0 Å². The van der Waals surface area contributed by atoms with Crippen molar-refractivity contribution < 1.29 is 13.7 Å². The zero-order chi connectivity index (χ0) is 21.5. The van der Waals surface area contributed by atoms with Crippen LogP contribution in [0.25, 0.3) is 0 Å². The van der Waals surface area contributed by atoms with E-state index in [2.05, 4.69) is 31.1 Å². The molecule has 0 saturated carbocycles. The fourth-order valence-electron chi connectivity index (χ4n) is 4.36. The second kappa shape index (κ2) is 8.53. The summed E-state index contributed by atoms with van der Waals surface area (Å²) in [5.74, 6) is 0.889. The fourth-order valence-corrected chi connectivity index (χ4v) is 5.84. The van der Waals surface area contributed by atoms with Gasteiger partial charge < -0.3 is 14.6 Å². The predicted octanol–water partition coefficient (Wildman–Crippen LogP) is 2.50. The van der Waals surface area contributed by atoms with Crippen LogP contribution in [0.15, 0.2) is 22.7 Å². The van der Waals surface area contributed by atoms with E-state index in [0.29, 0.717) is 31.3 Å². The Morgan fingerprint density at radius 2 is 2.17 bits per heavy atom. The number of amides is 1. The van der Waals surface area contributed by atoms with Crippen LogP contribution in [0.2, 0.25) is 0 Å². The lowest BCUT2D eigenvalue weighted by Crippen LogP contribution is -2.54. The number of benzene rings is 1. The van der Waals surface area contributed by atoms with Gasteiger partial charge >= 0.3 is 0 Å². The van der Waals surface area contributed by atoms with Crippen molar-refractivity contribution in [1.29, 1.82) is 0 Å². The van der Waals surface area contributed by atoms with Gasteiger partial charge in [0.25, 0.3) is 5.91 Å². The van der Waals surface area contributed by atoms with Gasteiger partial charge in [-0.3, -0.25) is 13.9 Å². The topological polar surface area (TPSA) is 76.5 Å². The number of ether oxygens (including phenoxy) is 1. The number of anilines is 1. The molecule has 9 heteroatoms. The van der Waals surface area contributed by atoms with Gasteiger partial charge in [-0.1, -0.05) is 22.0 Å². The molecule has 2 aromatic rings. The monoisotopic (exact) mass is 494 g/mol. The molecule has 1 aromatic heterocycles. The molecule has 0 radical (unpaired) electrons. The molecule has 1 fully saturated rings. The summed E-state index contributed by atoms with van der Waals surface area (Å²) in [6.07, 6.45) is 2.60. The Balaban J connectivity index is 1.49. The summed E-state index contributed by atoms with van der Waals surface area (Å²) in [6, 6.07) is 5.74. The molecule has 1 N–H and O–H groups in total. The largest absolute Gasteiger partial charge is 0.380 e. The highest BCUT2D eigenvalue weighted by molar-refractivity contribution is 9.10. The van der Waals surface area contributed by atoms with Gasteiger partial charge in [0.2, 0.25) is 0 Å². The molecule has 4 rings (SSSR count). The molecule has 0 spiro atoms. The number of aromatic nitrogens is 2. The summed E-state index contributed by atoms with van der Waals surface area (Å²) >= 11 is 3.50. The predicted molar refractivity (Wildman–Crippen MR) is 121 cm³/mol. The Labute approximate surface area is 187 Å². The Hall–Kier alpha value is -1.55. The van der Waals surface area contributed by atoms with Crippen molar-refractivity contribution in [3.63, 3.8) is 0 Å².